The van der Waals surface area contributed by atoms with Gasteiger partial charge in [-0.3, -0.25) is 14.4 Å². The van der Waals surface area contributed by atoms with Crippen molar-refractivity contribution in [3.8, 4) is 33.4 Å². The summed E-state index contributed by atoms with van der Waals surface area (Å²) in [6.07, 6.45) is 0. The molecule has 0 aromatic heterocycles. The Bertz CT molecular complexity index is 5670. The van der Waals surface area contributed by atoms with Crippen LogP contribution in [0.25, 0.3) is 82.4 Å². The molecule has 0 atom stereocenters. The number of ketones is 3. The predicted octanol–water partition coefficient (Wildman–Crippen LogP) is 26.8. The first-order valence-corrected chi connectivity index (χ1v) is 37.1. The van der Waals surface area contributed by atoms with E-state index in [2.05, 4.69) is 306 Å². The third kappa shape index (κ3) is 16.9. The average molecular weight is 1450 g/mol. The Kier molecular flexibility index (Phi) is 23.9. The molecule has 0 saturated carbocycles. The van der Waals surface area contributed by atoms with Crippen molar-refractivity contribution in [2.45, 2.75) is 41.5 Å². The molecule has 0 aliphatic carbocycles. The van der Waals surface area contributed by atoms with E-state index in [-0.39, 0.29) is 17.3 Å². The molecule has 15 rings (SSSR count). The average Bonchev–Trinajstić information content (AvgIpc) is 0.766. The van der Waals surface area contributed by atoms with Gasteiger partial charge < -0.3 is 28.9 Å². The number of anilines is 9. The Morgan fingerprint density at radius 1 is 0.225 bits per heavy atom. The van der Waals surface area contributed by atoms with Crippen molar-refractivity contribution in [2.75, 3.05) is 36.0 Å². The van der Waals surface area contributed by atoms with E-state index in [0.717, 1.165) is 100 Å². The van der Waals surface area contributed by atoms with Gasteiger partial charge in [-0.25, -0.2) is 0 Å². The molecule has 0 amide bonds. The van der Waals surface area contributed by atoms with Crippen molar-refractivity contribution in [1.29, 1.82) is 0 Å². The molecular weight excluding hydrogens is 1360 g/mol. The molecule has 0 fully saturated rings. The lowest BCUT2D eigenvalue weighted by Gasteiger charge is -2.28. The number of Topliss-reactive ketones (excluding diaryl/α,β-unsaturated/α-hetero) is 3. The summed E-state index contributed by atoms with van der Waals surface area (Å²) in [4.78, 5) is 44.4. The zero-order chi connectivity index (χ0) is 77.3. The monoisotopic (exact) mass is 1450 g/mol. The Hall–Kier alpha value is -13.9. The molecule has 9 nitrogen and oxygen atoms in total. The van der Waals surface area contributed by atoms with Gasteiger partial charge in [0.2, 0.25) is 0 Å². The number of nitrogens with zero attached hydrogens (tertiary/aromatic N) is 3. The highest BCUT2D eigenvalue weighted by atomic mass is 16.5. The van der Waals surface area contributed by atoms with Crippen LogP contribution < -0.4 is 14.7 Å². The van der Waals surface area contributed by atoms with E-state index in [1.54, 1.807) is 42.1 Å². The molecule has 0 bridgehead atoms. The van der Waals surface area contributed by atoms with Crippen molar-refractivity contribution in [2.24, 2.45) is 0 Å². The summed E-state index contributed by atoms with van der Waals surface area (Å²) in [6, 6.07) is 126. The van der Waals surface area contributed by atoms with E-state index in [0.29, 0.717) is 34.0 Å². The highest BCUT2D eigenvalue weighted by Crippen LogP contribution is 2.45. The van der Waals surface area contributed by atoms with Crippen LogP contribution in [0.15, 0.2) is 381 Å². The van der Waals surface area contributed by atoms with Crippen molar-refractivity contribution >= 4 is 118 Å². The smallest absolute Gasteiger partial charge is 0.163 e. The minimum Gasteiger partial charge on any atom is -0.501 e. The molecule has 0 heterocycles. The van der Waals surface area contributed by atoms with Gasteiger partial charge in [0.05, 0.1) is 49.4 Å². The van der Waals surface area contributed by atoms with Gasteiger partial charge in [0, 0.05) is 50.6 Å². The quantitative estimate of drug-likeness (QED) is 0.0515. The maximum absolute atomic E-state index is 12.7. The number of para-hydroxylation sites is 3. The summed E-state index contributed by atoms with van der Waals surface area (Å²) in [7, 11) is 4.80. The first-order valence-electron chi connectivity index (χ1n) is 37.1. The SMILES string of the molecule is CO/C(C)=C(\C(C)=O)c1ccc(N(c2ccccc2)c2ccc(-c3ccccc3)cc2)c2ccccc12.CO/C(C)=C(\C(C)=O)c1ccc2cc(N(c3ccccc3)c3ccc(-c4ccccc4)cc3)ccc2c1.CO/C(C)=C(\C(C)=O)c1cccc2c(N(c3ccccc3)c3ccc(-c4ccccc4)cc3)cccc12. The summed E-state index contributed by atoms with van der Waals surface area (Å²) in [5, 5.41) is 6.28. The first kappa shape index (κ1) is 75.3. The van der Waals surface area contributed by atoms with Gasteiger partial charge in [-0.05, 0) is 216 Å². The molecule has 0 aliphatic rings. The van der Waals surface area contributed by atoms with Gasteiger partial charge in [0.15, 0.2) is 17.3 Å². The molecule has 546 valence electrons. The fourth-order valence-electron chi connectivity index (χ4n) is 14.5. The van der Waals surface area contributed by atoms with Crippen LogP contribution in [0.1, 0.15) is 58.2 Å². The summed E-state index contributed by atoms with van der Waals surface area (Å²) >= 11 is 0. The summed E-state index contributed by atoms with van der Waals surface area (Å²) < 4.78 is 16.4. The van der Waals surface area contributed by atoms with Gasteiger partial charge in [0.1, 0.15) is 17.3 Å². The molecule has 15 aromatic carbocycles. The highest BCUT2D eigenvalue weighted by molar-refractivity contribution is 6.25. The predicted molar refractivity (Wildman–Crippen MR) is 463 cm³/mol. The number of ether oxygens (including phenoxy) is 3. The largest absolute Gasteiger partial charge is 0.501 e. The van der Waals surface area contributed by atoms with Crippen LogP contribution >= 0.6 is 0 Å². The maximum atomic E-state index is 12.7. The lowest BCUT2D eigenvalue weighted by Crippen LogP contribution is -2.11. The number of carbonyl (C=O) groups is 3. The zero-order valence-electron chi connectivity index (χ0n) is 63.9. The normalized spacial score (nSPS) is 11.6. The molecule has 15 aromatic rings. The second kappa shape index (κ2) is 35.2. The molecular formula is C102H87N3O6. The van der Waals surface area contributed by atoms with E-state index in [9.17, 15) is 14.4 Å². The fraction of sp³-hybridized carbons (Fsp3) is 0.0882. The third-order valence-electron chi connectivity index (χ3n) is 20.0. The third-order valence-corrected chi connectivity index (χ3v) is 20.0. The molecule has 111 heavy (non-hydrogen) atoms. The number of hydrogen-bond donors (Lipinski definition) is 0. The minimum atomic E-state index is -0.0198. The van der Waals surface area contributed by atoms with Crippen molar-refractivity contribution in [3.05, 3.63) is 398 Å². The van der Waals surface area contributed by atoms with Gasteiger partial charge in [0.25, 0.3) is 0 Å². The summed E-state index contributed by atoms with van der Waals surface area (Å²) in [5.41, 5.74) is 21.1. The standard InChI is InChI=1S/3C34H29NO2/c1-24(36)34(25(2)37-3)32-18-10-17-31-30(32)16-11-19-33(31)35(28-14-8-5-9-15-28)29-22-20-27(21-23-29)26-12-6-4-7-13-26;1-24(36)34(25(2)37-3)32-22-23-33(31-17-11-10-16-30(31)32)35(28-14-8-5-9-15-28)29-20-18-27(19-21-29)26-12-6-4-7-13-26;1-24(36)34(25(2)37-3)30-15-14-29-23-33(21-18-28(29)22-30)35(31-12-8-5-9-13-31)32-19-16-27(17-20-32)26-10-6-4-7-11-26/h3*4-23H,1-3H3/b3*34-25+. The van der Waals surface area contributed by atoms with E-state index in [1.165, 1.54) is 33.4 Å². The molecule has 0 radical (unpaired) electrons. The Balaban J connectivity index is 0.000000146. The van der Waals surface area contributed by atoms with Gasteiger partial charge in [-0.1, -0.05) is 261 Å². The van der Waals surface area contributed by atoms with Crippen LogP contribution in [-0.2, 0) is 28.6 Å². The number of hydrogen-bond acceptors (Lipinski definition) is 9. The van der Waals surface area contributed by atoms with E-state index in [1.807, 2.05) is 93.6 Å². The molecule has 0 saturated heterocycles. The maximum Gasteiger partial charge on any atom is 0.163 e. The zero-order valence-corrected chi connectivity index (χ0v) is 63.9. The lowest BCUT2D eigenvalue weighted by molar-refractivity contribution is -0.112. The van der Waals surface area contributed by atoms with E-state index >= 15 is 0 Å². The summed E-state index contributed by atoms with van der Waals surface area (Å²) in [6.45, 7) is 10.3. The van der Waals surface area contributed by atoms with Crippen molar-refractivity contribution in [1.82, 2.24) is 0 Å². The number of carbonyl (C=O) groups excluding carboxylic acids is 3. The lowest BCUT2D eigenvalue weighted by atomic mass is 9.93. The fourth-order valence-corrected chi connectivity index (χ4v) is 14.5. The van der Waals surface area contributed by atoms with Gasteiger partial charge >= 0.3 is 0 Å². The number of methoxy groups -OCH3 is 3. The van der Waals surface area contributed by atoms with Gasteiger partial charge in [-0.2, -0.15) is 0 Å². The van der Waals surface area contributed by atoms with Crippen LogP contribution in [0.4, 0.5) is 51.2 Å². The van der Waals surface area contributed by atoms with E-state index in [4.69, 9.17) is 14.2 Å². The second-order valence-corrected chi connectivity index (χ2v) is 26.9. The molecule has 0 N–H and O–H groups in total. The Labute approximate surface area is 651 Å². The van der Waals surface area contributed by atoms with Crippen molar-refractivity contribution < 1.29 is 28.6 Å². The van der Waals surface area contributed by atoms with Crippen LogP contribution in [0.3, 0.4) is 0 Å². The number of allylic oxidation sites excluding steroid dienone is 6. The molecule has 9 heteroatoms. The van der Waals surface area contributed by atoms with E-state index < -0.39 is 0 Å². The molecule has 0 spiro atoms. The van der Waals surface area contributed by atoms with Gasteiger partial charge in [-0.15, -0.1) is 0 Å². The van der Waals surface area contributed by atoms with Crippen LogP contribution in [0.5, 0.6) is 0 Å². The minimum absolute atomic E-state index is 0.00970. The number of benzene rings is 15. The molecule has 0 unspecified atom stereocenters. The highest BCUT2D eigenvalue weighted by Gasteiger charge is 2.24. The first-order chi connectivity index (χ1) is 54.2. The van der Waals surface area contributed by atoms with Crippen LogP contribution in [-0.4, -0.2) is 38.7 Å². The topological polar surface area (TPSA) is 88.6 Å². The Morgan fingerprint density at radius 3 is 0.928 bits per heavy atom. The summed E-state index contributed by atoms with van der Waals surface area (Å²) in [5.74, 6) is 1.80. The second-order valence-electron chi connectivity index (χ2n) is 26.9. The number of rotatable bonds is 21. The van der Waals surface area contributed by atoms with Crippen LogP contribution in [0, 0.1) is 0 Å². The van der Waals surface area contributed by atoms with Crippen LogP contribution in [0.2, 0.25) is 0 Å². The Morgan fingerprint density at radius 2 is 0.514 bits per heavy atom. The number of fused-ring (bicyclic) bond motifs is 3. The van der Waals surface area contributed by atoms with Crippen molar-refractivity contribution in [3.63, 3.8) is 0 Å². The molecule has 0 aliphatic heterocycles.